The van der Waals surface area contributed by atoms with Crippen LogP contribution in [0.4, 0.5) is 4.79 Å². The van der Waals surface area contributed by atoms with Gasteiger partial charge in [-0.1, -0.05) is 36.4 Å². The summed E-state index contributed by atoms with van der Waals surface area (Å²) in [5, 5.41) is 5.40. The Bertz CT molecular complexity index is 773. The predicted octanol–water partition coefficient (Wildman–Crippen LogP) is 2.45. The van der Waals surface area contributed by atoms with E-state index in [2.05, 4.69) is 15.6 Å². The van der Waals surface area contributed by atoms with Gasteiger partial charge in [-0.05, 0) is 18.6 Å². The number of carbonyl (C=O) groups is 2. The number of urea groups is 1. The number of allylic oxidation sites excluding steroid dienone is 1. The number of pyridine rings is 1. The molecule has 2 N–H and O–H groups in total. The van der Waals surface area contributed by atoms with Crippen molar-refractivity contribution in [1.29, 1.82) is 0 Å². The molecule has 0 saturated heterocycles. The van der Waals surface area contributed by atoms with Gasteiger partial charge in [0.15, 0.2) is 0 Å². The van der Waals surface area contributed by atoms with Crippen molar-refractivity contribution in [2.24, 2.45) is 0 Å². The number of nitrogens with zero attached hydrogens (tertiary/aromatic N) is 1. The molecule has 1 aromatic heterocycles. The molecule has 122 valence electrons. The first-order chi connectivity index (χ1) is 11.6. The van der Waals surface area contributed by atoms with Gasteiger partial charge < -0.3 is 15.4 Å². The molecule has 24 heavy (non-hydrogen) atoms. The number of hydrogen-bond acceptors (Lipinski definition) is 4. The largest absolute Gasteiger partial charge is 0.457 e. The molecule has 2 heterocycles. The lowest BCUT2D eigenvalue weighted by Crippen LogP contribution is -2.45. The Morgan fingerprint density at radius 1 is 1.21 bits per heavy atom. The van der Waals surface area contributed by atoms with E-state index in [1.54, 1.807) is 25.4 Å². The quantitative estimate of drug-likeness (QED) is 0.847. The standard InChI is InChI=1S/C18H17N3O3/c1-12-15(17(22)24-11-13-6-5-9-19-10-13)16(21-18(23)20-12)14-7-3-2-4-8-14/h2-10,16H,11H2,1H3,(H2,20,21,23). The molecule has 1 aliphatic rings. The van der Waals surface area contributed by atoms with Gasteiger partial charge in [0.2, 0.25) is 0 Å². The second kappa shape index (κ2) is 6.95. The number of benzene rings is 1. The number of hydrogen-bond donors (Lipinski definition) is 2. The summed E-state index contributed by atoms with van der Waals surface area (Å²) in [6.07, 6.45) is 3.30. The molecule has 2 amide bonds. The van der Waals surface area contributed by atoms with Crippen LogP contribution in [0.3, 0.4) is 0 Å². The van der Waals surface area contributed by atoms with Crippen molar-refractivity contribution in [3.63, 3.8) is 0 Å². The Morgan fingerprint density at radius 2 is 2.00 bits per heavy atom. The minimum Gasteiger partial charge on any atom is -0.457 e. The van der Waals surface area contributed by atoms with E-state index in [1.165, 1.54) is 0 Å². The lowest BCUT2D eigenvalue weighted by Gasteiger charge is -2.28. The van der Waals surface area contributed by atoms with Gasteiger partial charge >= 0.3 is 12.0 Å². The minimum atomic E-state index is -0.540. The summed E-state index contributed by atoms with van der Waals surface area (Å²) < 4.78 is 5.40. The number of ether oxygens (including phenoxy) is 1. The van der Waals surface area contributed by atoms with Gasteiger partial charge in [0, 0.05) is 23.7 Å². The van der Waals surface area contributed by atoms with Gasteiger partial charge in [-0.3, -0.25) is 4.98 Å². The number of nitrogens with one attached hydrogen (secondary N) is 2. The molecule has 0 fully saturated rings. The number of rotatable bonds is 4. The molecule has 1 atom stereocenters. The second-order valence-corrected chi connectivity index (χ2v) is 5.42. The van der Waals surface area contributed by atoms with Crippen LogP contribution in [0.5, 0.6) is 0 Å². The van der Waals surface area contributed by atoms with Gasteiger partial charge in [0.25, 0.3) is 0 Å². The highest BCUT2D eigenvalue weighted by atomic mass is 16.5. The van der Waals surface area contributed by atoms with E-state index < -0.39 is 12.0 Å². The van der Waals surface area contributed by atoms with Crippen molar-refractivity contribution in [1.82, 2.24) is 15.6 Å². The summed E-state index contributed by atoms with van der Waals surface area (Å²) in [4.78, 5) is 28.4. The van der Waals surface area contributed by atoms with Crippen molar-refractivity contribution >= 4 is 12.0 Å². The fraction of sp³-hybridized carbons (Fsp3) is 0.167. The molecule has 0 aliphatic carbocycles. The zero-order valence-corrected chi connectivity index (χ0v) is 13.2. The highest BCUT2D eigenvalue weighted by Gasteiger charge is 2.32. The zero-order valence-electron chi connectivity index (χ0n) is 13.2. The Morgan fingerprint density at radius 3 is 2.71 bits per heavy atom. The first-order valence-corrected chi connectivity index (χ1v) is 7.54. The molecule has 2 aromatic rings. The first-order valence-electron chi connectivity index (χ1n) is 7.54. The summed E-state index contributed by atoms with van der Waals surface area (Å²) >= 11 is 0. The summed E-state index contributed by atoms with van der Waals surface area (Å²) in [5.41, 5.74) is 2.50. The van der Waals surface area contributed by atoms with Crippen LogP contribution in [0.25, 0.3) is 0 Å². The van der Waals surface area contributed by atoms with Gasteiger partial charge in [-0.15, -0.1) is 0 Å². The van der Waals surface area contributed by atoms with Crippen LogP contribution in [-0.2, 0) is 16.1 Å². The first kappa shape index (κ1) is 15.7. The average molecular weight is 323 g/mol. The SMILES string of the molecule is CC1=C(C(=O)OCc2cccnc2)C(c2ccccc2)NC(=O)N1. The third kappa shape index (κ3) is 3.43. The van der Waals surface area contributed by atoms with Gasteiger partial charge in [-0.2, -0.15) is 0 Å². The van der Waals surface area contributed by atoms with Crippen LogP contribution in [0.15, 0.2) is 66.1 Å². The van der Waals surface area contributed by atoms with Crippen molar-refractivity contribution in [3.05, 3.63) is 77.3 Å². The average Bonchev–Trinajstić information content (AvgIpc) is 2.60. The van der Waals surface area contributed by atoms with Crippen molar-refractivity contribution in [2.45, 2.75) is 19.6 Å². The van der Waals surface area contributed by atoms with Crippen LogP contribution in [0.2, 0.25) is 0 Å². The molecule has 1 aromatic carbocycles. The molecular weight excluding hydrogens is 306 g/mol. The maximum Gasteiger partial charge on any atom is 0.338 e. The van der Waals surface area contributed by atoms with E-state index in [0.717, 1.165) is 11.1 Å². The van der Waals surface area contributed by atoms with E-state index in [4.69, 9.17) is 4.74 Å². The molecular formula is C18H17N3O3. The van der Waals surface area contributed by atoms with Gasteiger partial charge in [0.1, 0.15) is 6.61 Å². The second-order valence-electron chi connectivity index (χ2n) is 5.42. The van der Waals surface area contributed by atoms with Crippen molar-refractivity contribution in [3.8, 4) is 0 Å². The van der Waals surface area contributed by atoms with Gasteiger partial charge in [0.05, 0.1) is 11.6 Å². The lowest BCUT2D eigenvalue weighted by molar-refractivity contribution is -0.140. The Kier molecular flexibility index (Phi) is 4.56. The van der Waals surface area contributed by atoms with Crippen LogP contribution in [-0.4, -0.2) is 17.0 Å². The number of aromatic nitrogens is 1. The summed E-state index contributed by atoms with van der Waals surface area (Å²) in [6.45, 7) is 1.81. The Labute approximate surface area is 139 Å². The van der Waals surface area contributed by atoms with Crippen molar-refractivity contribution < 1.29 is 14.3 Å². The van der Waals surface area contributed by atoms with Crippen LogP contribution in [0, 0.1) is 0 Å². The number of carbonyl (C=O) groups excluding carboxylic acids is 2. The third-order valence-electron chi connectivity index (χ3n) is 3.71. The molecule has 3 rings (SSSR count). The molecule has 0 spiro atoms. The molecule has 6 nitrogen and oxygen atoms in total. The minimum absolute atomic E-state index is 0.124. The zero-order chi connectivity index (χ0) is 16.9. The molecule has 0 bridgehead atoms. The fourth-order valence-corrected chi connectivity index (χ4v) is 2.57. The molecule has 6 heteroatoms. The monoisotopic (exact) mass is 323 g/mol. The Balaban J connectivity index is 1.83. The van der Waals surface area contributed by atoms with E-state index >= 15 is 0 Å². The highest BCUT2D eigenvalue weighted by molar-refractivity contribution is 5.95. The molecule has 0 radical (unpaired) electrons. The summed E-state index contributed by atoms with van der Waals surface area (Å²) in [5.74, 6) is -0.474. The van der Waals surface area contributed by atoms with Crippen LogP contribution >= 0.6 is 0 Å². The summed E-state index contributed by atoms with van der Waals surface area (Å²) in [6, 6.07) is 12.0. The number of esters is 1. The normalized spacial score (nSPS) is 17.0. The van der Waals surface area contributed by atoms with E-state index in [-0.39, 0.29) is 12.6 Å². The molecule has 0 saturated carbocycles. The predicted molar refractivity (Wildman–Crippen MR) is 87.6 cm³/mol. The number of amides is 2. The molecule has 1 aliphatic heterocycles. The van der Waals surface area contributed by atoms with Crippen LogP contribution in [0.1, 0.15) is 24.1 Å². The van der Waals surface area contributed by atoms with Crippen molar-refractivity contribution in [2.75, 3.05) is 0 Å². The van der Waals surface area contributed by atoms with E-state index in [1.807, 2.05) is 36.4 Å². The van der Waals surface area contributed by atoms with E-state index in [0.29, 0.717) is 11.3 Å². The van der Waals surface area contributed by atoms with Gasteiger partial charge in [-0.25, -0.2) is 9.59 Å². The highest BCUT2D eigenvalue weighted by Crippen LogP contribution is 2.27. The van der Waals surface area contributed by atoms with E-state index in [9.17, 15) is 9.59 Å². The third-order valence-corrected chi connectivity index (χ3v) is 3.71. The Hall–Kier alpha value is -3.15. The topological polar surface area (TPSA) is 80.3 Å². The lowest BCUT2D eigenvalue weighted by atomic mass is 9.96. The maximum atomic E-state index is 12.6. The maximum absolute atomic E-state index is 12.6. The summed E-state index contributed by atoms with van der Waals surface area (Å²) in [7, 11) is 0. The van der Waals surface area contributed by atoms with Crippen LogP contribution < -0.4 is 10.6 Å². The smallest absolute Gasteiger partial charge is 0.338 e. The fourth-order valence-electron chi connectivity index (χ4n) is 2.57. The molecule has 1 unspecified atom stereocenters.